The van der Waals surface area contributed by atoms with Crippen molar-refractivity contribution < 1.29 is 27.1 Å². The van der Waals surface area contributed by atoms with Crippen LogP contribution >= 0.6 is 22.9 Å². The molecule has 31 heavy (non-hydrogen) atoms. The number of aromatic nitrogens is 2. The first-order chi connectivity index (χ1) is 14.7. The standard InChI is InChI=1S/C21H17ClF4N2O2S/c1-11-3-8-16(31-11)14(29)6-4-12-5-7-15(30-2)13(9-12)10-28-19(21(25)26)17(22)18(27-28)20(23)24/h3-9,20-21H,10H2,1-2H3/b6-4+. The van der Waals surface area contributed by atoms with Gasteiger partial charge in [-0.15, -0.1) is 11.3 Å². The van der Waals surface area contributed by atoms with Crippen LogP contribution in [-0.4, -0.2) is 22.7 Å². The molecule has 0 fully saturated rings. The third-order valence-electron chi connectivity index (χ3n) is 4.40. The minimum Gasteiger partial charge on any atom is -0.496 e. The quantitative estimate of drug-likeness (QED) is 0.207. The first-order valence-electron chi connectivity index (χ1n) is 8.99. The summed E-state index contributed by atoms with van der Waals surface area (Å²) in [5, 5.41) is 2.82. The number of aryl methyl sites for hydroxylation is 1. The van der Waals surface area contributed by atoms with Gasteiger partial charge < -0.3 is 4.74 Å². The van der Waals surface area contributed by atoms with Gasteiger partial charge in [-0.25, -0.2) is 17.6 Å². The van der Waals surface area contributed by atoms with Crippen molar-refractivity contribution in [3.63, 3.8) is 0 Å². The van der Waals surface area contributed by atoms with Crippen LogP contribution in [0.25, 0.3) is 6.08 Å². The van der Waals surface area contributed by atoms with Gasteiger partial charge >= 0.3 is 0 Å². The lowest BCUT2D eigenvalue weighted by molar-refractivity contribution is 0.105. The summed E-state index contributed by atoms with van der Waals surface area (Å²) in [4.78, 5) is 13.9. The molecule has 0 saturated heterocycles. The zero-order chi connectivity index (χ0) is 22.7. The molecule has 0 spiro atoms. The highest BCUT2D eigenvalue weighted by Crippen LogP contribution is 2.35. The molecule has 0 aliphatic heterocycles. The van der Waals surface area contributed by atoms with Gasteiger partial charge in [-0.05, 0) is 42.8 Å². The van der Waals surface area contributed by atoms with Gasteiger partial charge in [-0.1, -0.05) is 23.7 Å². The van der Waals surface area contributed by atoms with Crippen LogP contribution in [0.4, 0.5) is 17.6 Å². The van der Waals surface area contributed by atoms with Crippen molar-refractivity contribution in [1.29, 1.82) is 0 Å². The van der Waals surface area contributed by atoms with E-state index in [2.05, 4.69) is 5.10 Å². The fourth-order valence-electron chi connectivity index (χ4n) is 2.95. The Morgan fingerprint density at radius 1 is 1.23 bits per heavy atom. The number of methoxy groups -OCH3 is 1. The van der Waals surface area contributed by atoms with Crippen LogP contribution < -0.4 is 4.74 Å². The van der Waals surface area contributed by atoms with E-state index in [9.17, 15) is 22.4 Å². The summed E-state index contributed by atoms with van der Waals surface area (Å²) >= 11 is 7.09. The van der Waals surface area contributed by atoms with E-state index in [0.717, 1.165) is 9.56 Å². The summed E-state index contributed by atoms with van der Waals surface area (Å²) in [6.45, 7) is 1.63. The molecule has 0 bridgehead atoms. The van der Waals surface area contributed by atoms with Crippen molar-refractivity contribution in [3.05, 3.63) is 73.7 Å². The maximum Gasteiger partial charge on any atom is 0.283 e. The van der Waals surface area contributed by atoms with Gasteiger partial charge in [0.05, 0.1) is 23.6 Å². The largest absolute Gasteiger partial charge is 0.496 e. The molecular formula is C21H17ClF4N2O2S. The predicted octanol–water partition coefficient (Wildman–Crippen LogP) is 6.73. The van der Waals surface area contributed by atoms with E-state index in [-0.39, 0.29) is 12.3 Å². The molecule has 1 aromatic carbocycles. The van der Waals surface area contributed by atoms with Gasteiger partial charge in [-0.3, -0.25) is 9.48 Å². The highest BCUT2D eigenvalue weighted by molar-refractivity contribution is 7.14. The minimum atomic E-state index is -3.09. The second-order valence-electron chi connectivity index (χ2n) is 6.52. The lowest BCUT2D eigenvalue weighted by atomic mass is 10.1. The second-order valence-corrected chi connectivity index (χ2v) is 8.19. The maximum atomic E-state index is 13.4. The molecule has 0 radical (unpaired) electrons. The molecule has 0 saturated carbocycles. The molecule has 2 heterocycles. The average Bonchev–Trinajstić information content (AvgIpc) is 3.29. The van der Waals surface area contributed by atoms with E-state index >= 15 is 0 Å². The van der Waals surface area contributed by atoms with Crippen LogP contribution in [0.2, 0.25) is 5.02 Å². The smallest absolute Gasteiger partial charge is 0.283 e. The Hall–Kier alpha value is -2.65. The topological polar surface area (TPSA) is 44.1 Å². The van der Waals surface area contributed by atoms with Gasteiger partial charge in [0.1, 0.15) is 17.1 Å². The Kier molecular flexibility index (Phi) is 7.17. The van der Waals surface area contributed by atoms with Crippen molar-refractivity contribution in [2.75, 3.05) is 7.11 Å². The van der Waals surface area contributed by atoms with E-state index in [1.54, 1.807) is 30.3 Å². The van der Waals surface area contributed by atoms with Crippen LogP contribution in [-0.2, 0) is 6.54 Å². The predicted molar refractivity (Wildman–Crippen MR) is 112 cm³/mol. The molecule has 2 aromatic heterocycles. The first kappa shape index (κ1) is 23.0. The number of hydrogen-bond donors (Lipinski definition) is 0. The van der Waals surface area contributed by atoms with Crippen molar-refractivity contribution in [3.8, 4) is 5.75 Å². The molecule has 3 rings (SSSR count). The molecule has 0 amide bonds. The maximum absolute atomic E-state index is 13.4. The molecule has 0 N–H and O–H groups in total. The van der Waals surface area contributed by atoms with Gasteiger partial charge in [0.2, 0.25) is 0 Å². The van der Waals surface area contributed by atoms with Crippen LogP contribution in [0.5, 0.6) is 5.75 Å². The fourth-order valence-corrected chi connectivity index (χ4v) is 4.04. The number of benzene rings is 1. The number of allylic oxidation sites excluding steroid dienone is 1. The molecule has 0 aliphatic rings. The second kappa shape index (κ2) is 9.65. The first-order valence-corrected chi connectivity index (χ1v) is 10.2. The summed E-state index contributed by atoms with van der Waals surface area (Å²) in [6.07, 6.45) is -3.20. The normalized spacial score (nSPS) is 11.8. The Morgan fingerprint density at radius 2 is 1.97 bits per heavy atom. The number of hydrogen-bond acceptors (Lipinski definition) is 4. The van der Waals surface area contributed by atoms with E-state index in [0.29, 0.717) is 21.8 Å². The summed E-state index contributed by atoms with van der Waals surface area (Å²) < 4.78 is 59.0. The Bertz CT molecular complexity index is 1120. The summed E-state index contributed by atoms with van der Waals surface area (Å²) in [5.74, 6) is 0.179. The van der Waals surface area contributed by atoms with Crippen LogP contribution in [0.3, 0.4) is 0 Å². The Balaban J connectivity index is 1.92. The number of thiophene rings is 1. The summed E-state index contributed by atoms with van der Waals surface area (Å²) in [6, 6.07) is 8.46. The number of carbonyl (C=O) groups is 1. The summed E-state index contributed by atoms with van der Waals surface area (Å²) in [7, 11) is 1.39. The van der Waals surface area contributed by atoms with Crippen molar-refractivity contribution in [1.82, 2.24) is 9.78 Å². The van der Waals surface area contributed by atoms with Crippen LogP contribution in [0.15, 0.2) is 36.4 Å². The number of carbonyl (C=O) groups excluding carboxylic acids is 1. The van der Waals surface area contributed by atoms with E-state index in [4.69, 9.17) is 16.3 Å². The van der Waals surface area contributed by atoms with Gasteiger partial charge in [0.25, 0.3) is 12.9 Å². The number of alkyl halides is 4. The Morgan fingerprint density at radius 3 is 2.55 bits per heavy atom. The Labute approximate surface area is 184 Å². The number of nitrogens with zero attached hydrogens (tertiary/aromatic N) is 2. The lowest BCUT2D eigenvalue weighted by Gasteiger charge is -2.12. The zero-order valence-electron chi connectivity index (χ0n) is 16.4. The molecular weight excluding hydrogens is 456 g/mol. The van der Waals surface area contributed by atoms with E-state index in [1.165, 1.54) is 24.5 Å². The van der Waals surface area contributed by atoms with Crippen LogP contribution in [0.1, 0.15) is 49.9 Å². The van der Waals surface area contributed by atoms with Gasteiger partial charge in [0.15, 0.2) is 5.78 Å². The molecule has 3 aromatic rings. The van der Waals surface area contributed by atoms with E-state index < -0.39 is 29.3 Å². The molecule has 0 aliphatic carbocycles. The minimum absolute atomic E-state index is 0.170. The summed E-state index contributed by atoms with van der Waals surface area (Å²) in [5.41, 5.74) is -0.679. The molecule has 0 unspecified atom stereocenters. The monoisotopic (exact) mass is 472 g/mol. The molecule has 164 valence electrons. The molecule has 4 nitrogen and oxygen atoms in total. The average molecular weight is 473 g/mol. The van der Waals surface area contributed by atoms with Gasteiger partial charge in [-0.2, -0.15) is 5.10 Å². The zero-order valence-corrected chi connectivity index (χ0v) is 18.0. The number of ketones is 1. The SMILES string of the molecule is COc1ccc(/C=C/C(=O)c2ccc(C)s2)cc1Cn1nc(C(F)F)c(Cl)c1C(F)F. The van der Waals surface area contributed by atoms with Gasteiger partial charge in [0, 0.05) is 10.4 Å². The van der Waals surface area contributed by atoms with Crippen molar-refractivity contribution in [2.24, 2.45) is 0 Å². The molecule has 10 heteroatoms. The highest BCUT2D eigenvalue weighted by atomic mass is 35.5. The van der Waals surface area contributed by atoms with E-state index in [1.807, 2.05) is 13.0 Å². The fraction of sp³-hybridized carbons (Fsp3) is 0.238. The molecule has 0 atom stereocenters. The number of ether oxygens (including phenoxy) is 1. The third-order valence-corrected chi connectivity index (χ3v) is 5.81. The number of rotatable bonds is 8. The highest BCUT2D eigenvalue weighted by Gasteiger charge is 2.28. The van der Waals surface area contributed by atoms with Crippen molar-refractivity contribution in [2.45, 2.75) is 26.3 Å². The van der Waals surface area contributed by atoms with Crippen molar-refractivity contribution >= 4 is 34.8 Å². The lowest BCUT2D eigenvalue weighted by Crippen LogP contribution is -2.08. The number of halogens is 5. The van der Waals surface area contributed by atoms with Crippen LogP contribution in [0, 0.1) is 6.92 Å². The third kappa shape index (κ3) is 5.16.